The number of benzene rings is 1. The molecule has 29 heavy (non-hydrogen) atoms. The summed E-state index contributed by atoms with van der Waals surface area (Å²) in [6.07, 6.45) is -3.83. The van der Waals surface area contributed by atoms with E-state index in [0.29, 0.717) is 5.01 Å². The van der Waals surface area contributed by atoms with Gasteiger partial charge in [0.05, 0.1) is 12.2 Å². The molecule has 2 rings (SSSR count). The second-order valence-corrected chi connectivity index (χ2v) is 7.05. The van der Waals surface area contributed by atoms with Gasteiger partial charge in [-0.25, -0.2) is 4.98 Å². The van der Waals surface area contributed by atoms with Gasteiger partial charge in [-0.1, -0.05) is 18.2 Å². The van der Waals surface area contributed by atoms with Crippen LogP contribution >= 0.6 is 22.9 Å². The van der Waals surface area contributed by atoms with E-state index in [2.05, 4.69) is 10.4 Å². The molecule has 7 nitrogen and oxygen atoms in total. The van der Waals surface area contributed by atoms with E-state index in [1.807, 2.05) is 0 Å². The van der Waals surface area contributed by atoms with E-state index in [1.54, 1.807) is 0 Å². The second kappa shape index (κ2) is 9.81. The van der Waals surface area contributed by atoms with E-state index in [4.69, 9.17) is 16.3 Å². The average molecular weight is 450 g/mol. The lowest BCUT2D eigenvalue weighted by Gasteiger charge is -2.21. The zero-order chi connectivity index (χ0) is 21.6. The molecule has 156 valence electrons. The number of carbonyl (C=O) groups is 3. The maximum Gasteiger partial charge on any atom is 0.416 e. The van der Waals surface area contributed by atoms with Crippen LogP contribution in [0.4, 0.5) is 18.3 Å². The van der Waals surface area contributed by atoms with Crippen molar-refractivity contribution in [2.75, 3.05) is 18.7 Å². The zero-order valence-corrected chi connectivity index (χ0v) is 16.5. The van der Waals surface area contributed by atoms with E-state index in [9.17, 15) is 27.6 Å². The van der Waals surface area contributed by atoms with Gasteiger partial charge >= 0.3 is 12.1 Å². The van der Waals surface area contributed by atoms with Crippen molar-refractivity contribution in [3.05, 3.63) is 47.0 Å². The van der Waals surface area contributed by atoms with Crippen molar-refractivity contribution < 1.29 is 32.3 Å². The Kier molecular flexibility index (Phi) is 7.71. The summed E-state index contributed by atoms with van der Waals surface area (Å²) in [5.74, 6) is -3.03. The van der Waals surface area contributed by atoms with Crippen LogP contribution < -0.4 is 10.4 Å². The summed E-state index contributed by atoms with van der Waals surface area (Å²) in [5.41, 5.74) is 1.24. The maximum atomic E-state index is 12.8. The van der Waals surface area contributed by atoms with Crippen LogP contribution in [0.5, 0.6) is 0 Å². The van der Waals surface area contributed by atoms with Crippen LogP contribution in [0.3, 0.4) is 0 Å². The molecule has 12 heteroatoms. The summed E-state index contributed by atoms with van der Waals surface area (Å²) in [5, 5.41) is 0.969. The summed E-state index contributed by atoms with van der Waals surface area (Å²) in [4.78, 5) is 40.9. The molecule has 0 bridgehead atoms. The molecule has 1 atom stereocenters. The van der Waals surface area contributed by atoms with E-state index in [1.165, 1.54) is 24.8 Å². The molecule has 0 aliphatic rings. The third kappa shape index (κ3) is 6.24. The smallest absolute Gasteiger partial charge is 0.383 e. The van der Waals surface area contributed by atoms with Crippen molar-refractivity contribution in [2.24, 2.45) is 0 Å². The van der Waals surface area contributed by atoms with Gasteiger partial charge in [-0.2, -0.15) is 18.2 Å². The fourth-order valence-electron chi connectivity index (χ4n) is 2.16. The Balaban J connectivity index is 2.18. The van der Waals surface area contributed by atoms with E-state index in [0.717, 1.165) is 29.5 Å². The molecule has 1 aromatic heterocycles. The minimum atomic E-state index is -4.58. The topological polar surface area (TPSA) is 88.6 Å². The number of rotatable bonds is 7. The monoisotopic (exact) mass is 449 g/mol. The quantitative estimate of drug-likeness (QED) is 0.399. The van der Waals surface area contributed by atoms with Crippen LogP contribution in [-0.2, 0) is 31.7 Å². The van der Waals surface area contributed by atoms with Gasteiger partial charge in [0.15, 0.2) is 0 Å². The number of thiazole rings is 1. The number of methoxy groups -OCH3 is 1. The van der Waals surface area contributed by atoms with E-state index >= 15 is 0 Å². The van der Waals surface area contributed by atoms with Crippen molar-refractivity contribution in [3.63, 3.8) is 0 Å². The Morgan fingerprint density at radius 2 is 2.07 bits per heavy atom. The number of ether oxygens (including phenoxy) is 1. The highest BCUT2D eigenvalue weighted by atomic mass is 35.5. The first-order valence-corrected chi connectivity index (χ1v) is 9.31. The number of hydrazine groups is 1. The molecule has 0 saturated carbocycles. The van der Waals surface area contributed by atoms with Gasteiger partial charge in [0.25, 0.3) is 5.91 Å². The lowest BCUT2D eigenvalue weighted by Crippen LogP contribution is -2.52. The molecule has 0 aliphatic heterocycles. The SMILES string of the molecule is COCC(Cl)C(=O)NN(C(=O)C(=O)Cc1cccc(C(F)(F)F)c1)c1nccs1. The molecule has 1 aromatic carbocycles. The minimum absolute atomic E-state index is 0.00167. The fraction of sp³-hybridized carbons (Fsp3) is 0.294. The normalized spacial score (nSPS) is 12.3. The first kappa shape index (κ1) is 22.8. The number of halogens is 4. The van der Waals surface area contributed by atoms with Crippen molar-refractivity contribution >= 4 is 45.7 Å². The van der Waals surface area contributed by atoms with Gasteiger partial charge in [-0.05, 0) is 11.6 Å². The molecule has 0 saturated heterocycles. The van der Waals surface area contributed by atoms with E-state index < -0.39 is 41.1 Å². The number of alkyl halides is 4. The Bertz CT molecular complexity index is 877. The number of ketones is 1. The predicted octanol–water partition coefficient (Wildman–Crippen LogP) is 2.59. The highest BCUT2D eigenvalue weighted by molar-refractivity contribution is 7.13. The van der Waals surface area contributed by atoms with Crippen molar-refractivity contribution in [1.82, 2.24) is 10.4 Å². The summed E-state index contributed by atoms with van der Waals surface area (Å²) in [6.45, 7) is -0.147. The minimum Gasteiger partial charge on any atom is -0.383 e. The number of aromatic nitrogens is 1. The van der Waals surface area contributed by atoms with E-state index in [-0.39, 0.29) is 17.3 Å². The Morgan fingerprint density at radius 3 is 2.66 bits per heavy atom. The molecule has 2 amide bonds. The Morgan fingerprint density at radius 1 is 1.34 bits per heavy atom. The van der Waals surface area contributed by atoms with Crippen LogP contribution in [0.2, 0.25) is 0 Å². The second-order valence-electron chi connectivity index (χ2n) is 5.65. The molecule has 1 unspecified atom stereocenters. The molecule has 1 N–H and O–H groups in total. The molecule has 1 heterocycles. The third-order valence-corrected chi connectivity index (χ3v) is 4.57. The predicted molar refractivity (Wildman–Crippen MR) is 99.4 cm³/mol. The maximum absolute atomic E-state index is 12.8. The fourth-order valence-corrected chi connectivity index (χ4v) is 2.93. The van der Waals surface area contributed by atoms with Gasteiger partial charge in [-0.3, -0.25) is 19.8 Å². The summed E-state index contributed by atoms with van der Waals surface area (Å²) in [7, 11) is 1.32. The largest absolute Gasteiger partial charge is 0.416 e. The summed E-state index contributed by atoms with van der Waals surface area (Å²) >= 11 is 6.79. The number of hydrogen-bond acceptors (Lipinski definition) is 6. The van der Waals surface area contributed by atoms with Gasteiger partial charge in [0, 0.05) is 25.1 Å². The number of amides is 2. The first-order valence-electron chi connectivity index (χ1n) is 8.00. The average Bonchev–Trinajstić information content (AvgIpc) is 3.19. The summed E-state index contributed by atoms with van der Waals surface area (Å²) in [6, 6.07) is 4.07. The van der Waals surface area contributed by atoms with Crippen LogP contribution in [0.15, 0.2) is 35.8 Å². The van der Waals surface area contributed by atoms with Gasteiger partial charge in [0.2, 0.25) is 10.9 Å². The molecule has 0 fully saturated rings. The highest BCUT2D eigenvalue weighted by Crippen LogP contribution is 2.29. The van der Waals surface area contributed by atoms with Gasteiger partial charge in [-0.15, -0.1) is 22.9 Å². The molecule has 0 aliphatic carbocycles. The summed E-state index contributed by atoms with van der Waals surface area (Å²) < 4.78 is 43.2. The highest BCUT2D eigenvalue weighted by Gasteiger charge is 2.32. The number of hydrogen-bond donors (Lipinski definition) is 1. The first-order chi connectivity index (χ1) is 13.6. The number of carbonyl (C=O) groups excluding carboxylic acids is 3. The third-order valence-electron chi connectivity index (χ3n) is 3.49. The molecule has 0 radical (unpaired) electrons. The number of nitrogens with one attached hydrogen (secondary N) is 1. The molecular weight excluding hydrogens is 435 g/mol. The molecular formula is C17H15ClF3N3O4S. The van der Waals surface area contributed by atoms with Crippen LogP contribution in [0.1, 0.15) is 11.1 Å². The molecule has 0 spiro atoms. The van der Waals surface area contributed by atoms with Crippen LogP contribution in [0.25, 0.3) is 0 Å². The number of nitrogens with zero attached hydrogens (tertiary/aromatic N) is 2. The standard InChI is InChI=1S/C17H15ClF3N3O4S/c1-28-9-12(18)14(26)23-24(16-22-5-6-29-16)15(27)13(25)8-10-3-2-4-11(7-10)17(19,20)21/h2-7,12H,8-9H2,1H3,(H,23,26). The van der Waals surface area contributed by atoms with Gasteiger partial charge < -0.3 is 4.74 Å². The van der Waals surface area contributed by atoms with Crippen LogP contribution in [0, 0.1) is 0 Å². The Hall–Kier alpha value is -2.50. The number of Topliss-reactive ketones (excluding diaryl/α,β-unsaturated/α-hetero) is 1. The van der Waals surface area contributed by atoms with Crippen molar-refractivity contribution in [3.8, 4) is 0 Å². The van der Waals surface area contributed by atoms with Gasteiger partial charge in [0.1, 0.15) is 5.38 Å². The molecule has 2 aromatic rings. The van der Waals surface area contributed by atoms with Crippen LogP contribution in [-0.4, -0.2) is 41.7 Å². The lowest BCUT2D eigenvalue weighted by atomic mass is 10.1. The van der Waals surface area contributed by atoms with Crippen molar-refractivity contribution in [1.29, 1.82) is 0 Å². The zero-order valence-electron chi connectivity index (χ0n) is 14.9. The van der Waals surface area contributed by atoms with Crippen molar-refractivity contribution in [2.45, 2.75) is 18.0 Å². The lowest BCUT2D eigenvalue weighted by molar-refractivity contribution is -0.138. The Labute approximate surface area is 172 Å². The number of anilines is 1.